The first-order valence-electron chi connectivity index (χ1n) is 6.96. The van der Waals surface area contributed by atoms with E-state index in [1.54, 1.807) is 0 Å². The van der Waals surface area contributed by atoms with Crippen molar-refractivity contribution in [3.63, 3.8) is 0 Å². The lowest BCUT2D eigenvalue weighted by Gasteiger charge is -2.11. The number of benzene rings is 2. The van der Waals surface area contributed by atoms with E-state index >= 15 is 0 Å². The van der Waals surface area contributed by atoms with Crippen LogP contribution in [0.25, 0.3) is 0 Å². The number of rotatable bonds is 5. The zero-order valence-electron chi connectivity index (χ0n) is 12.3. The number of methoxy groups -OCH3 is 1. The fourth-order valence-corrected chi connectivity index (χ4v) is 2.10. The maximum absolute atomic E-state index is 11.4. The summed E-state index contributed by atoms with van der Waals surface area (Å²) in [6.45, 7) is 1.92. The molecule has 3 heteroatoms. The van der Waals surface area contributed by atoms with Gasteiger partial charge in [0.25, 0.3) is 0 Å². The number of hydrogen-bond donors (Lipinski definition) is 0. The topological polar surface area (TPSA) is 38.7 Å². The number of aliphatic imine (C=N–C) groups is 1. The third-order valence-electron chi connectivity index (χ3n) is 3.13. The van der Waals surface area contributed by atoms with Crippen molar-refractivity contribution in [1.82, 2.24) is 0 Å². The van der Waals surface area contributed by atoms with Gasteiger partial charge in [-0.1, -0.05) is 60.7 Å². The van der Waals surface area contributed by atoms with Gasteiger partial charge in [-0.25, -0.2) is 0 Å². The molecule has 0 heterocycles. The van der Waals surface area contributed by atoms with Gasteiger partial charge in [0.1, 0.15) is 0 Å². The third-order valence-corrected chi connectivity index (χ3v) is 3.13. The zero-order valence-corrected chi connectivity index (χ0v) is 12.3. The van der Waals surface area contributed by atoms with E-state index in [-0.39, 0.29) is 18.4 Å². The quantitative estimate of drug-likeness (QED) is 0.621. The molecule has 21 heavy (non-hydrogen) atoms. The summed E-state index contributed by atoms with van der Waals surface area (Å²) in [6, 6.07) is 19.9. The number of esters is 1. The molecule has 0 radical (unpaired) electrons. The molecule has 0 saturated carbocycles. The first kappa shape index (κ1) is 15.0. The molecule has 2 aromatic rings. The SMILES string of the molecule is COC(=O)CC(C)N=C(c1ccccc1)c1ccccc1. The molecule has 2 aromatic carbocycles. The molecule has 0 amide bonds. The van der Waals surface area contributed by atoms with Gasteiger partial charge in [-0.15, -0.1) is 0 Å². The Morgan fingerprint density at radius 2 is 1.48 bits per heavy atom. The van der Waals surface area contributed by atoms with Crippen LogP contribution in [-0.2, 0) is 9.53 Å². The summed E-state index contributed by atoms with van der Waals surface area (Å²) < 4.78 is 4.71. The van der Waals surface area contributed by atoms with Crippen molar-refractivity contribution in [2.45, 2.75) is 19.4 Å². The van der Waals surface area contributed by atoms with Crippen LogP contribution >= 0.6 is 0 Å². The zero-order chi connectivity index (χ0) is 15.1. The molecule has 0 aliphatic rings. The first-order valence-corrected chi connectivity index (χ1v) is 6.96. The Bertz CT molecular complexity index is 564. The van der Waals surface area contributed by atoms with Gasteiger partial charge in [-0.3, -0.25) is 9.79 Å². The number of carbonyl (C=O) groups excluding carboxylic acids is 1. The maximum Gasteiger partial charge on any atom is 0.307 e. The second kappa shape index (κ2) is 7.39. The highest BCUT2D eigenvalue weighted by Crippen LogP contribution is 2.13. The Balaban J connectivity index is 2.35. The highest BCUT2D eigenvalue weighted by Gasteiger charge is 2.12. The minimum absolute atomic E-state index is 0.132. The second-order valence-corrected chi connectivity index (χ2v) is 4.84. The fourth-order valence-electron chi connectivity index (χ4n) is 2.10. The molecular formula is C18H19NO2. The summed E-state index contributed by atoms with van der Waals surface area (Å²) >= 11 is 0. The van der Waals surface area contributed by atoms with Crippen LogP contribution in [0.3, 0.4) is 0 Å². The molecule has 0 aromatic heterocycles. The van der Waals surface area contributed by atoms with Crippen LogP contribution in [0.2, 0.25) is 0 Å². The van der Waals surface area contributed by atoms with Crippen LogP contribution in [0.1, 0.15) is 24.5 Å². The second-order valence-electron chi connectivity index (χ2n) is 4.84. The molecule has 0 aliphatic heterocycles. The van der Waals surface area contributed by atoms with E-state index in [0.717, 1.165) is 16.8 Å². The summed E-state index contributed by atoms with van der Waals surface area (Å²) in [4.78, 5) is 16.1. The summed E-state index contributed by atoms with van der Waals surface area (Å²) in [7, 11) is 1.40. The third kappa shape index (κ3) is 4.28. The van der Waals surface area contributed by atoms with Gasteiger partial charge in [0.2, 0.25) is 0 Å². The predicted octanol–water partition coefficient (Wildman–Crippen LogP) is 3.48. The number of nitrogens with zero attached hydrogens (tertiary/aromatic N) is 1. The lowest BCUT2D eigenvalue weighted by Crippen LogP contribution is -2.13. The van der Waals surface area contributed by atoms with Gasteiger partial charge in [-0.2, -0.15) is 0 Å². The summed E-state index contributed by atoms with van der Waals surface area (Å²) in [6.07, 6.45) is 0.277. The Morgan fingerprint density at radius 3 is 1.90 bits per heavy atom. The lowest BCUT2D eigenvalue weighted by molar-refractivity contribution is -0.140. The lowest BCUT2D eigenvalue weighted by atomic mass is 10.0. The van der Waals surface area contributed by atoms with E-state index in [0.29, 0.717) is 0 Å². The summed E-state index contributed by atoms with van der Waals surface area (Å²) in [5.74, 6) is -0.244. The molecule has 0 N–H and O–H groups in total. The van der Waals surface area contributed by atoms with Gasteiger partial charge in [0, 0.05) is 11.1 Å². The molecule has 0 saturated heterocycles. The molecule has 0 fully saturated rings. The van der Waals surface area contributed by atoms with Crippen LogP contribution in [0.4, 0.5) is 0 Å². The van der Waals surface area contributed by atoms with E-state index in [2.05, 4.69) is 0 Å². The van der Waals surface area contributed by atoms with Gasteiger partial charge < -0.3 is 4.74 Å². The average molecular weight is 281 g/mol. The Hall–Kier alpha value is -2.42. The van der Waals surface area contributed by atoms with Gasteiger partial charge >= 0.3 is 5.97 Å². The van der Waals surface area contributed by atoms with Gasteiger partial charge in [-0.05, 0) is 6.92 Å². The van der Waals surface area contributed by atoms with Crippen molar-refractivity contribution in [2.75, 3.05) is 7.11 Å². The number of hydrogen-bond acceptors (Lipinski definition) is 3. The van der Waals surface area contributed by atoms with Crippen LogP contribution in [0.15, 0.2) is 65.7 Å². The molecule has 2 rings (SSSR count). The number of ether oxygens (including phenoxy) is 1. The van der Waals surface area contributed by atoms with Crippen molar-refractivity contribution in [3.8, 4) is 0 Å². The molecule has 0 aliphatic carbocycles. The van der Waals surface area contributed by atoms with Crippen molar-refractivity contribution >= 4 is 11.7 Å². The Morgan fingerprint density at radius 1 is 1.00 bits per heavy atom. The van der Waals surface area contributed by atoms with Crippen LogP contribution < -0.4 is 0 Å². The highest BCUT2D eigenvalue weighted by molar-refractivity contribution is 6.13. The Labute approximate surface area is 125 Å². The molecular weight excluding hydrogens is 262 g/mol. The monoisotopic (exact) mass is 281 g/mol. The fraction of sp³-hybridized carbons (Fsp3) is 0.222. The largest absolute Gasteiger partial charge is 0.469 e. The van der Waals surface area contributed by atoms with Gasteiger partial charge in [0.05, 0.1) is 25.3 Å². The Kier molecular flexibility index (Phi) is 5.27. The van der Waals surface area contributed by atoms with E-state index in [1.807, 2.05) is 67.6 Å². The summed E-state index contributed by atoms with van der Waals surface area (Å²) in [5.41, 5.74) is 2.98. The predicted molar refractivity (Wildman–Crippen MR) is 84.6 cm³/mol. The van der Waals surface area contributed by atoms with Crippen molar-refractivity contribution in [3.05, 3.63) is 71.8 Å². The number of carbonyl (C=O) groups is 1. The highest BCUT2D eigenvalue weighted by atomic mass is 16.5. The van der Waals surface area contributed by atoms with Gasteiger partial charge in [0.15, 0.2) is 0 Å². The van der Waals surface area contributed by atoms with Crippen LogP contribution in [0.5, 0.6) is 0 Å². The van der Waals surface area contributed by atoms with Crippen LogP contribution in [0, 0.1) is 0 Å². The van der Waals surface area contributed by atoms with E-state index in [9.17, 15) is 4.79 Å². The van der Waals surface area contributed by atoms with E-state index in [1.165, 1.54) is 7.11 Å². The average Bonchev–Trinajstić information content (AvgIpc) is 2.54. The molecule has 0 spiro atoms. The molecule has 1 atom stereocenters. The maximum atomic E-state index is 11.4. The van der Waals surface area contributed by atoms with Crippen molar-refractivity contribution in [2.24, 2.45) is 4.99 Å². The smallest absolute Gasteiger partial charge is 0.307 e. The molecule has 0 bridgehead atoms. The van der Waals surface area contributed by atoms with E-state index in [4.69, 9.17) is 9.73 Å². The van der Waals surface area contributed by atoms with Crippen molar-refractivity contribution in [1.29, 1.82) is 0 Å². The standard InChI is InChI=1S/C18H19NO2/c1-14(13-17(20)21-2)19-18(15-9-5-3-6-10-15)16-11-7-4-8-12-16/h3-12,14H,13H2,1-2H3. The molecule has 108 valence electrons. The van der Waals surface area contributed by atoms with E-state index < -0.39 is 0 Å². The first-order chi connectivity index (χ1) is 10.2. The summed E-state index contributed by atoms with van der Waals surface area (Å²) in [5, 5.41) is 0. The minimum Gasteiger partial charge on any atom is -0.469 e. The van der Waals surface area contributed by atoms with Crippen LogP contribution in [-0.4, -0.2) is 24.8 Å². The molecule has 3 nitrogen and oxygen atoms in total. The normalized spacial score (nSPS) is 11.5. The molecule has 1 unspecified atom stereocenters. The minimum atomic E-state index is -0.244. The van der Waals surface area contributed by atoms with Crippen molar-refractivity contribution < 1.29 is 9.53 Å².